The van der Waals surface area contributed by atoms with Crippen LogP contribution in [0.3, 0.4) is 0 Å². The minimum Gasteiger partial charge on any atom is -0.325 e. The first-order valence-electron chi connectivity index (χ1n) is 5.14. The van der Waals surface area contributed by atoms with Gasteiger partial charge in [0, 0.05) is 16.7 Å². The molecular formula is C12H14BrN3. The molecule has 0 unspecified atom stereocenters. The van der Waals surface area contributed by atoms with E-state index in [1.165, 1.54) is 5.56 Å². The van der Waals surface area contributed by atoms with E-state index in [4.69, 9.17) is 5.73 Å². The summed E-state index contributed by atoms with van der Waals surface area (Å²) in [6, 6.07) is 8.20. The molecule has 1 heterocycles. The molecule has 0 aliphatic heterocycles. The van der Waals surface area contributed by atoms with Gasteiger partial charge in [0.25, 0.3) is 0 Å². The van der Waals surface area contributed by atoms with Crippen molar-refractivity contribution >= 4 is 15.9 Å². The van der Waals surface area contributed by atoms with Crippen LogP contribution < -0.4 is 5.73 Å². The van der Waals surface area contributed by atoms with Crippen LogP contribution >= 0.6 is 15.9 Å². The Balaban J connectivity index is 2.49. The van der Waals surface area contributed by atoms with E-state index in [9.17, 15) is 0 Å². The fourth-order valence-corrected chi connectivity index (χ4v) is 1.98. The number of rotatable bonds is 2. The van der Waals surface area contributed by atoms with Gasteiger partial charge in [-0.25, -0.2) is 4.68 Å². The Morgan fingerprint density at radius 3 is 2.62 bits per heavy atom. The zero-order valence-electron chi connectivity index (χ0n) is 9.37. The summed E-state index contributed by atoms with van der Waals surface area (Å²) in [6.07, 6.45) is 0. The van der Waals surface area contributed by atoms with Crippen LogP contribution in [0.5, 0.6) is 0 Å². The molecule has 0 saturated heterocycles. The smallest absolute Gasteiger partial charge is 0.0767 e. The monoisotopic (exact) mass is 279 g/mol. The molecule has 3 nitrogen and oxygen atoms in total. The van der Waals surface area contributed by atoms with E-state index in [1.54, 1.807) is 0 Å². The van der Waals surface area contributed by atoms with Gasteiger partial charge in [0.15, 0.2) is 0 Å². The molecule has 0 radical (unpaired) electrons. The molecule has 84 valence electrons. The molecule has 0 spiro atoms. The number of hydrogen-bond donors (Lipinski definition) is 1. The Morgan fingerprint density at radius 2 is 2.06 bits per heavy atom. The third kappa shape index (κ3) is 2.03. The predicted octanol–water partition coefficient (Wildman–Crippen LogP) is 2.71. The van der Waals surface area contributed by atoms with E-state index in [1.807, 2.05) is 17.7 Å². The SMILES string of the molecule is Cc1ccc(-n2nc(CN)cc2C)cc1Br. The van der Waals surface area contributed by atoms with Crippen LogP contribution in [-0.2, 0) is 6.54 Å². The maximum Gasteiger partial charge on any atom is 0.0767 e. The molecule has 0 amide bonds. The maximum atomic E-state index is 5.58. The Hall–Kier alpha value is -1.13. The van der Waals surface area contributed by atoms with E-state index < -0.39 is 0 Å². The normalized spacial score (nSPS) is 10.8. The first-order valence-corrected chi connectivity index (χ1v) is 5.93. The quantitative estimate of drug-likeness (QED) is 0.919. The summed E-state index contributed by atoms with van der Waals surface area (Å²) in [6.45, 7) is 4.57. The van der Waals surface area contributed by atoms with Gasteiger partial charge in [0.05, 0.1) is 11.4 Å². The van der Waals surface area contributed by atoms with Crippen LogP contribution in [0.25, 0.3) is 5.69 Å². The van der Waals surface area contributed by atoms with Crippen LogP contribution in [0.15, 0.2) is 28.7 Å². The number of nitrogens with zero attached hydrogens (tertiary/aromatic N) is 2. The summed E-state index contributed by atoms with van der Waals surface area (Å²) in [5, 5.41) is 4.44. The van der Waals surface area contributed by atoms with Crippen molar-refractivity contribution in [2.45, 2.75) is 20.4 Å². The molecule has 0 saturated carbocycles. The largest absolute Gasteiger partial charge is 0.325 e. The molecule has 0 aliphatic rings. The lowest BCUT2D eigenvalue weighted by Gasteiger charge is -2.06. The lowest BCUT2D eigenvalue weighted by atomic mass is 10.2. The molecular weight excluding hydrogens is 266 g/mol. The number of benzene rings is 1. The van der Waals surface area contributed by atoms with E-state index in [0.717, 1.165) is 21.5 Å². The van der Waals surface area contributed by atoms with Gasteiger partial charge in [0.1, 0.15) is 0 Å². The Bertz CT molecular complexity index is 517. The van der Waals surface area contributed by atoms with Gasteiger partial charge in [-0.05, 0) is 37.6 Å². The Labute approximate surface area is 103 Å². The topological polar surface area (TPSA) is 43.8 Å². The highest BCUT2D eigenvalue weighted by molar-refractivity contribution is 9.10. The van der Waals surface area contributed by atoms with Gasteiger partial charge in [0.2, 0.25) is 0 Å². The summed E-state index contributed by atoms with van der Waals surface area (Å²) < 4.78 is 3.00. The first kappa shape index (κ1) is 11.4. The minimum atomic E-state index is 0.473. The molecule has 0 fully saturated rings. The zero-order chi connectivity index (χ0) is 11.7. The van der Waals surface area contributed by atoms with Crippen molar-refractivity contribution in [2.75, 3.05) is 0 Å². The van der Waals surface area contributed by atoms with Crippen molar-refractivity contribution in [3.8, 4) is 5.69 Å². The number of hydrogen-bond acceptors (Lipinski definition) is 2. The highest BCUT2D eigenvalue weighted by atomic mass is 79.9. The summed E-state index contributed by atoms with van der Waals surface area (Å²) >= 11 is 3.53. The van der Waals surface area contributed by atoms with E-state index >= 15 is 0 Å². The van der Waals surface area contributed by atoms with Gasteiger partial charge < -0.3 is 5.73 Å². The summed E-state index contributed by atoms with van der Waals surface area (Å²) in [7, 11) is 0. The van der Waals surface area contributed by atoms with Crippen LogP contribution in [0.4, 0.5) is 0 Å². The van der Waals surface area contributed by atoms with Crippen molar-refractivity contribution in [3.05, 3.63) is 45.7 Å². The molecule has 4 heteroatoms. The van der Waals surface area contributed by atoms with Crippen LogP contribution in [0, 0.1) is 13.8 Å². The van der Waals surface area contributed by atoms with Crippen molar-refractivity contribution in [1.29, 1.82) is 0 Å². The summed E-state index contributed by atoms with van der Waals surface area (Å²) in [5.74, 6) is 0. The molecule has 0 bridgehead atoms. The number of aryl methyl sites for hydroxylation is 2. The molecule has 0 atom stereocenters. The van der Waals surface area contributed by atoms with Crippen molar-refractivity contribution in [1.82, 2.24) is 9.78 Å². The van der Waals surface area contributed by atoms with Crippen molar-refractivity contribution in [3.63, 3.8) is 0 Å². The van der Waals surface area contributed by atoms with Crippen LogP contribution in [0.2, 0.25) is 0 Å². The summed E-state index contributed by atoms with van der Waals surface area (Å²) in [5.41, 5.74) is 9.85. The zero-order valence-corrected chi connectivity index (χ0v) is 11.0. The second kappa shape index (κ2) is 4.39. The van der Waals surface area contributed by atoms with Gasteiger partial charge in [-0.2, -0.15) is 5.10 Å². The molecule has 0 aliphatic carbocycles. The van der Waals surface area contributed by atoms with Gasteiger partial charge >= 0.3 is 0 Å². The maximum absolute atomic E-state index is 5.58. The number of halogens is 1. The average Bonchev–Trinajstić information content (AvgIpc) is 2.64. The van der Waals surface area contributed by atoms with Gasteiger partial charge in [-0.15, -0.1) is 0 Å². The van der Waals surface area contributed by atoms with Crippen LogP contribution in [-0.4, -0.2) is 9.78 Å². The molecule has 1 aromatic heterocycles. The molecule has 2 N–H and O–H groups in total. The van der Waals surface area contributed by atoms with E-state index in [2.05, 4.69) is 46.2 Å². The van der Waals surface area contributed by atoms with Gasteiger partial charge in [-0.3, -0.25) is 0 Å². The average molecular weight is 280 g/mol. The summed E-state index contributed by atoms with van der Waals surface area (Å²) in [4.78, 5) is 0. The Kier molecular flexibility index (Phi) is 3.12. The lowest BCUT2D eigenvalue weighted by Crippen LogP contribution is -2.02. The molecule has 1 aromatic carbocycles. The van der Waals surface area contributed by atoms with Crippen molar-refractivity contribution < 1.29 is 0 Å². The lowest BCUT2D eigenvalue weighted by molar-refractivity contribution is 0.811. The minimum absolute atomic E-state index is 0.473. The second-order valence-electron chi connectivity index (χ2n) is 3.83. The number of nitrogens with two attached hydrogens (primary N) is 1. The van der Waals surface area contributed by atoms with Crippen LogP contribution in [0.1, 0.15) is 17.0 Å². The second-order valence-corrected chi connectivity index (χ2v) is 4.68. The third-order valence-corrected chi connectivity index (χ3v) is 3.40. The predicted molar refractivity (Wildman–Crippen MR) is 68.6 cm³/mol. The highest BCUT2D eigenvalue weighted by Crippen LogP contribution is 2.21. The van der Waals surface area contributed by atoms with Gasteiger partial charge in [-0.1, -0.05) is 22.0 Å². The fraction of sp³-hybridized carbons (Fsp3) is 0.250. The Morgan fingerprint density at radius 1 is 1.31 bits per heavy atom. The number of aromatic nitrogens is 2. The van der Waals surface area contributed by atoms with E-state index in [0.29, 0.717) is 6.54 Å². The first-order chi connectivity index (χ1) is 7.61. The fourth-order valence-electron chi connectivity index (χ4n) is 1.61. The molecule has 16 heavy (non-hydrogen) atoms. The highest BCUT2D eigenvalue weighted by Gasteiger charge is 2.06. The molecule has 2 aromatic rings. The van der Waals surface area contributed by atoms with E-state index in [-0.39, 0.29) is 0 Å². The standard InChI is InChI=1S/C12H14BrN3/c1-8-3-4-11(6-12(8)13)16-9(2)5-10(7-14)15-16/h3-6H,7,14H2,1-2H3. The third-order valence-electron chi connectivity index (χ3n) is 2.55. The molecule has 2 rings (SSSR count). The van der Waals surface area contributed by atoms with Crippen molar-refractivity contribution in [2.24, 2.45) is 5.73 Å².